The van der Waals surface area contributed by atoms with E-state index in [1.165, 1.54) is 57.8 Å². The molecule has 0 radical (unpaired) electrons. The van der Waals surface area contributed by atoms with Crippen LogP contribution in [0.2, 0.25) is 0 Å². The number of fused-ring (bicyclic) bond motifs is 5. The number of allylic oxidation sites excluding steroid dienone is 2. The summed E-state index contributed by atoms with van der Waals surface area (Å²) < 4.78 is 0. The first-order chi connectivity index (χ1) is 16.7. The SMILES string of the molecule is CC(C)CCC[C@@H](C)[C@H]1CC[C@H]2[C@@H]3CC[C@H]4CC(C(=O)c5ccccc5)=CC[C@]4(C)[C@H]3CC[C@]12C. The fourth-order valence-corrected chi connectivity index (χ4v) is 9.86. The van der Waals surface area contributed by atoms with E-state index in [-0.39, 0.29) is 5.78 Å². The lowest BCUT2D eigenvalue weighted by molar-refractivity contribution is -0.101. The fraction of sp³-hybridized carbons (Fsp3) is 0.735. The number of benzene rings is 1. The Bertz CT molecular complexity index is 927. The van der Waals surface area contributed by atoms with E-state index in [0.29, 0.717) is 16.7 Å². The third-order valence-electron chi connectivity index (χ3n) is 11.8. The predicted molar refractivity (Wildman–Crippen MR) is 147 cm³/mol. The van der Waals surface area contributed by atoms with Gasteiger partial charge in [0, 0.05) is 5.56 Å². The normalized spacial score (nSPS) is 39.4. The average molecular weight is 475 g/mol. The van der Waals surface area contributed by atoms with Gasteiger partial charge in [0.05, 0.1) is 0 Å². The zero-order chi connectivity index (χ0) is 24.8. The minimum atomic E-state index is 0.274. The van der Waals surface area contributed by atoms with Gasteiger partial charge in [0.15, 0.2) is 5.78 Å². The first-order valence-electron chi connectivity index (χ1n) is 15.0. The van der Waals surface area contributed by atoms with Gasteiger partial charge in [-0.25, -0.2) is 0 Å². The average Bonchev–Trinajstić information content (AvgIpc) is 3.20. The van der Waals surface area contributed by atoms with Crippen molar-refractivity contribution in [2.24, 2.45) is 52.3 Å². The number of hydrogen-bond donors (Lipinski definition) is 0. The van der Waals surface area contributed by atoms with Crippen molar-refractivity contribution in [3.8, 4) is 0 Å². The van der Waals surface area contributed by atoms with E-state index in [2.05, 4.69) is 40.7 Å². The van der Waals surface area contributed by atoms with Crippen LogP contribution in [-0.4, -0.2) is 5.78 Å². The van der Waals surface area contributed by atoms with Crippen LogP contribution < -0.4 is 0 Å². The molecule has 5 rings (SSSR count). The summed E-state index contributed by atoms with van der Waals surface area (Å²) in [4.78, 5) is 13.2. The molecule has 0 spiro atoms. The Morgan fingerprint density at radius 2 is 1.66 bits per heavy atom. The molecule has 0 bridgehead atoms. The first kappa shape index (κ1) is 25.3. The molecule has 1 nitrogen and oxygen atoms in total. The van der Waals surface area contributed by atoms with Crippen molar-refractivity contribution in [3.05, 3.63) is 47.5 Å². The summed E-state index contributed by atoms with van der Waals surface area (Å²) in [6.07, 6.45) is 17.3. The lowest BCUT2D eigenvalue weighted by Crippen LogP contribution is -2.53. The van der Waals surface area contributed by atoms with Gasteiger partial charge in [-0.1, -0.05) is 90.3 Å². The van der Waals surface area contributed by atoms with Crippen molar-refractivity contribution >= 4 is 5.78 Å². The number of carbonyl (C=O) groups excluding carboxylic acids is 1. The highest BCUT2D eigenvalue weighted by Crippen LogP contribution is 2.68. The third kappa shape index (κ3) is 4.48. The standard InChI is InChI=1S/C34H50O/c1-23(2)10-9-11-24(3)29-16-17-30-28-15-14-27-22-26(32(35)25-12-7-6-8-13-25)18-20-33(27,4)31(28)19-21-34(29,30)5/h6-8,12-13,18,23-24,27-31H,9-11,14-17,19-22H2,1-5H3/t24-,27+,28+,29-,30+,31+,33+,34-/m1/s1. The Labute approximate surface area is 215 Å². The highest BCUT2D eigenvalue weighted by Gasteiger charge is 2.60. The van der Waals surface area contributed by atoms with Crippen molar-refractivity contribution in [3.63, 3.8) is 0 Å². The van der Waals surface area contributed by atoms with Crippen LogP contribution in [-0.2, 0) is 0 Å². The Hall–Kier alpha value is -1.37. The Morgan fingerprint density at radius 1 is 0.914 bits per heavy atom. The second-order valence-corrected chi connectivity index (χ2v) is 14.0. The topological polar surface area (TPSA) is 17.1 Å². The molecule has 0 heterocycles. The molecule has 4 aliphatic rings. The molecule has 3 fully saturated rings. The van der Waals surface area contributed by atoms with Crippen LogP contribution in [0.1, 0.15) is 116 Å². The van der Waals surface area contributed by atoms with Gasteiger partial charge in [-0.3, -0.25) is 4.79 Å². The second kappa shape index (κ2) is 9.83. The zero-order valence-corrected chi connectivity index (χ0v) is 23.2. The molecule has 192 valence electrons. The largest absolute Gasteiger partial charge is 0.289 e. The minimum absolute atomic E-state index is 0.274. The molecular formula is C34H50O. The van der Waals surface area contributed by atoms with E-state index in [1.54, 1.807) is 0 Å². The molecule has 0 amide bonds. The summed E-state index contributed by atoms with van der Waals surface area (Å²) in [5, 5.41) is 0. The molecule has 1 heteroatoms. The van der Waals surface area contributed by atoms with E-state index in [4.69, 9.17) is 0 Å². The predicted octanol–water partition coefficient (Wildman–Crippen LogP) is 9.53. The maximum atomic E-state index is 13.2. The molecule has 0 unspecified atom stereocenters. The van der Waals surface area contributed by atoms with E-state index < -0.39 is 0 Å². The summed E-state index contributed by atoms with van der Waals surface area (Å²) in [6, 6.07) is 9.95. The lowest BCUT2D eigenvalue weighted by atomic mass is 9.44. The van der Waals surface area contributed by atoms with Crippen molar-refractivity contribution in [2.45, 2.75) is 105 Å². The Balaban J connectivity index is 1.29. The molecular weight excluding hydrogens is 424 g/mol. The highest BCUT2D eigenvalue weighted by atomic mass is 16.1. The van der Waals surface area contributed by atoms with Crippen molar-refractivity contribution in [2.75, 3.05) is 0 Å². The first-order valence-corrected chi connectivity index (χ1v) is 15.0. The zero-order valence-electron chi connectivity index (χ0n) is 23.2. The highest BCUT2D eigenvalue weighted by molar-refractivity contribution is 6.08. The Kier molecular flexibility index (Phi) is 7.10. The van der Waals surface area contributed by atoms with Crippen LogP contribution >= 0.6 is 0 Å². The van der Waals surface area contributed by atoms with Crippen LogP contribution in [0.15, 0.2) is 42.0 Å². The van der Waals surface area contributed by atoms with Gasteiger partial charge in [-0.05, 0) is 109 Å². The van der Waals surface area contributed by atoms with Gasteiger partial charge in [-0.2, -0.15) is 0 Å². The van der Waals surface area contributed by atoms with Gasteiger partial charge in [-0.15, -0.1) is 0 Å². The molecule has 8 atom stereocenters. The van der Waals surface area contributed by atoms with Crippen LogP contribution in [0.3, 0.4) is 0 Å². The third-order valence-corrected chi connectivity index (χ3v) is 11.8. The summed E-state index contributed by atoms with van der Waals surface area (Å²) in [7, 11) is 0. The molecule has 4 aliphatic carbocycles. The van der Waals surface area contributed by atoms with Crippen molar-refractivity contribution < 1.29 is 4.79 Å². The van der Waals surface area contributed by atoms with Gasteiger partial charge < -0.3 is 0 Å². The molecule has 0 saturated heterocycles. The molecule has 0 N–H and O–H groups in total. The van der Waals surface area contributed by atoms with Crippen LogP contribution in [0, 0.1) is 52.3 Å². The van der Waals surface area contributed by atoms with Gasteiger partial charge in [0.25, 0.3) is 0 Å². The molecule has 1 aromatic carbocycles. The van der Waals surface area contributed by atoms with Crippen molar-refractivity contribution in [1.82, 2.24) is 0 Å². The monoisotopic (exact) mass is 474 g/mol. The van der Waals surface area contributed by atoms with E-state index in [0.717, 1.165) is 59.5 Å². The molecule has 1 aromatic rings. The number of Topliss-reactive ketones (excluding diaryl/α,β-unsaturated/α-hetero) is 1. The smallest absolute Gasteiger partial charge is 0.188 e. The van der Waals surface area contributed by atoms with Crippen LogP contribution in [0.25, 0.3) is 0 Å². The van der Waals surface area contributed by atoms with Crippen LogP contribution in [0.4, 0.5) is 0 Å². The summed E-state index contributed by atoms with van der Waals surface area (Å²) >= 11 is 0. The minimum Gasteiger partial charge on any atom is -0.289 e. The molecule has 3 saturated carbocycles. The van der Waals surface area contributed by atoms with Gasteiger partial charge in [0.2, 0.25) is 0 Å². The maximum Gasteiger partial charge on any atom is 0.188 e. The number of rotatable bonds is 7. The van der Waals surface area contributed by atoms with Gasteiger partial charge in [0.1, 0.15) is 0 Å². The molecule has 35 heavy (non-hydrogen) atoms. The summed E-state index contributed by atoms with van der Waals surface area (Å²) in [5.74, 6) is 6.34. The summed E-state index contributed by atoms with van der Waals surface area (Å²) in [6.45, 7) is 12.6. The van der Waals surface area contributed by atoms with E-state index in [9.17, 15) is 4.79 Å². The lowest BCUT2D eigenvalue weighted by Gasteiger charge is -2.60. The molecule has 0 aromatic heterocycles. The second-order valence-electron chi connectivity index (χ2n) is 14.0. The van der Waals surface area contributed by atoms with E-state index >= 15 is 0 Å². The van der Waals surface area contributed by atoms with Crippen LogP contribution in [0.5, 0.6) is 0 Å². The Morgan fingerprint density at radius 3 is 2.40 bits per heavy atom. The number of hydrogen-bond acceptors (Lipinski definition) is 1. The number of ketones is 1. The maximum absolute atomic E-state index is 13.2. The van der Waals surface area contributed by atoms with E-state index in [1.807, 2.05) is 30.3 Å². The van der Waals surface area contributed by atoms with Gasteiger partial charge >= 0.3 is 0 Å². The molecule has 0 aliphatic heterocycles. The quantitative estimate of drug-likeness (QED) is 0.360. The fourth-order valence-electron chi connectivity index (χ4n) is 9.86. The van der Waals surface area contributed by atoms with Crippen molar-refractivity contribution in [1.29, 1.82) is 0 Å². The number of carbonyl (C=O) groups is 1. The summed E-state index contributed by atoms with van der Waals surface area (Å²) in [5.41, 5.74) is 2.92.